The molecule has 8 heteroatoms. The Labute approximate surface area is 232 Å². The molecule has 7 nitrogen and oxygen atoms in total. The molecule has 1 aliphatic heterocycles. The number of hydrogen-bond acceptors (Lipinski definition) is 5. The topological polar surface area (TPSA) is 115 Å². The molecule has 1 aromatic heterocycles. The van der Waals surface area contributed by atoms with Gasteiger partial charge in [-0.25, -0.2) is 4.98 Å². The standard InChI is InChI=1S/C31H29N3O4.ClH/c1-19-18-27(34-24-11-5-2-8-21(19)24)33-20-14-16-30(17-15-20,28(32)35)31(29(36)37)22-9-3-6-12-25(22)38-26-13-7-4-10-23(26)31;/h2-13,18,20H,14-17H2,1H3,(H2,32,35)(H,33,34)(H,36,37);1H. The number of carbonyl (C=O) groups excluding carboxylic acids is 1. The van der Waals surface area contributed by atoms with E-state index in [0.717, 1.165) is 22.3 Å². The van der Waals surface area contributed by atoms with Gasteiger partial charge in [0, 0.05) is 22.6 Å². The molecule has 0 saturated heterocycles. The molecule has 1 aliphatic carbocycles. The highest BCUT2D eigenvalue weighted by Crippen LogP contribution is 2.61. The minimum absolute atomic E-state index is 0. The molecule has 0 atom stereocenters. The first-order chi connectivity index (χ1) is 18.4. The lowest BCUT2D eigenvalue weighted by Crippen LogP contribution is -2.61. The highest BCUT2D eigenvalue weighted by Gasteiger charge is 2.65. The quantitative estimate of drug-likeness (QED) is 0.286. The lowest BCUT2D eigenvalue weighted by Gasteiger charge is -2.51. The van der Waals surface area contributed by atoms with Crippen molar-refractivity contribution in [2.75, 3.05) is 5.32 Å². The number of aryl methyl sites for hydroxylation is 1. The van der Waals surface area contributed by atoms with Crippen molar-refractivity contribution in [3.63, 3.8) is 0 Å². The largest absolute Gasteiger partial charge is 0.480 e. The zero-order chi connectivity index (χ0) is 26.5. The van der Waals surface area contributed by atoms with E-state index in [1.54, 1.807) is 48.5 Å². The normalized spacial score (nSPS) is 21.0. The molecule has 200 valence electrons. The first kappa shape index (κ1) is 26.5. The number of ether oxygens (including phenoxy) is 1. The molecular weight excluding hydrogens is 514 g/mol. The van der Waals surface area contributed by atoms with Crippen LogP contribution >= 0.6 is 12.4 Å². The zero-order valence-electron chi connectivity index (χ0n) is 21.5. The number of rotatable bonds is 5. The van der Waals surface area contributed by atoms with E-state index in [-0.39, 0.29) is 18.4 Å². The van der Waals surface area contributed by atoms with Gasteiger partial charge in [0.25, 0.3) is 0 Å². The molecule has 4 N–H and O–H groups in total. The van der Waals surface area contributed by atoms with E-state index in [0.29, 0.717) is 48.3 Å². The predicted molar refractivity (Wildman–Crippen MR) is 153 cm³/mol. The Morgan fingerprint density at radius 1 is 0.949 bits per heavy atom. The Bertz CT molecular complexity index is 1530. The lowest BCUT2D eigenvalue weighted by molar-refractivity contribution is -0.155. The summed E-state index contributed by atoms with van der Waals surface area (Å²) in [7, 11) is 0. The number of aromatic nitrogens is 1. The van der Waals surface area contributed by atoms with Crippen LogP contribution in [0, 0.1) is 12.3 Å². The predicted octanol–water partition coefficient (Wildman–Crippen LogP) is 5.97. The van der Waals surface area contributed by atoms with E-state index in [1.807, 2.05) is 24.3 Å². The van der Waals surface area contributed by atoms with Crippen LogP contribution in [0.25, 0.3) is 10.9 Å². The fraction of sp³-hybridized carbons (Fsp3) is 0.258. The van der Waals surface area contributed by atoms with Crippen LogP contribution in [-0.4, -0.2) is 28.0 Å². The number of benzene rings is 3. The Balaban J connectivity index is 0.00000308. The van der Waals surface area contributed by atoms with Crippen molar-refractivity contribution < 1.29 is 19.4 Å². The summed E-state index contributed by atoms with van der Waals surface area (Å²) in [5.74, 6) is -0.0645. The van der Waals surface area contributed by atoms with Crippen LogP contribution in [0.4, 0.5) is 5.82 Å². The minimum Gasteiger partial charge on any atom is -0.480 e. The maximum absolute atomic E-state index is 13.5. The Morgan fingerprint density at radius 3 is 2.10 bits per heavy atom. The van der Waals surface area contributed by atoms with Gasteiger partial charge in [-0.1, -0.05) is 54.6 Å². The van der Waals surface area contributed by atoms with Gasteiger partial charge in [-0.05, 0) is 62.4 Å². The number of nitrogens with one attached hydrogen (secondary N) is 1. The molecule has 0 unspecified atom stereocenters. The van der Waals surface area contributed by atoms with Crippen LogP contribution < -0.4 is 15.8 Å². The number of halogens is 1. The molecule has 1 amide bonds. The molecule has 1 fully saturated rings. The van der Waals surface area contributed by atoms with Gasteiger partial charge < -0.3 is 20.9 Å². The summed E-state index contributed by atoms with van der Waals surface area (Å²) in [4.78, 5) is 31.7. The van der Waals surface area contributed by atoms with Gasteiger partial charge in [0.1, 0.15) is 22.7 Å². The number of nitrogens with two attached hydrogens (primary N) is 1. The molecule has 0 bridgehead atoms. The van der Waals surface area contributed by atoms with Crippen LogP contribution in [0.3, 0.4) is 0 Å². The van der Waals surface area contributed by atoms with Gasteiger partial charge >= 0.3 is 5.97 Å². The first-order valence-corrected chi connectivity index (χ1v) is 12.9. The third-order valence-corrected chi connectivity index (χ3v) is 8.43. The zero-order valence-corrected chi connectivity index (χ0v) is 22.3. The van der Waals surface area contributed by atoms with Crippen molar-refractivity contribution in [2.45, 2.75) is 44.1 Å². The number of fused-ring (bicyclic) bond motifs is 3. The second-order valence-corrected chi connectivity index (χ2v) is 10.4. The maximum atomic E-state index is 13.5. The monoisotopic (exact) mass is 543 g/mol. The number of carboxylic acid groups (broad SMARTS) is 1. The van der Waals surface area contributed by atoms with Gasteiger partial charge in [-0.15, -0.1) is 12.4 Å². The van der Waals surface area contributed by atoms with Gasteiger partial charge in [0.15, 0.2) is 0 Å². The highest BCUT2D eigenvalue weighted by atomic mass is 35.5. The summed E-state index contributed by atoms with van der Waals surface area (Å²) < 4.78 is 6.11. The van der Waals surface area contributed by atoms with Crippen molar-refractivity contribution in [1.82, 2.24) is 4.98 Å². The molecule has 2 heterocycles. The van der Waals surface area contributed by atoms with Crippen molar-refractivity contribution in [2.24, 2.45) is 11.1 Å². The number of pyridine rings is 1. The van der Waals surface area contributed by atoms with E-state index in [2.05, 4.69) is 18.3 Å². The fourth-order valence-corrected chi connectivity index (χ4v) is 6.64. The number of nitrogens with zero attached hydrogens (tertiary/aromatic N) is 1. The lowest BCUT2D eigenvalue weighted by atomic mass is 9.50. The van der Waals surface area contributed by atoms with Crippen molar-refractivity contribution in [3.8, 4) is 11.5 Å². The van der Waals surface area contributed by atoms with Gasteiger partial charge in [-0.3, -0.25) is 9.59 Å². The Morgan fingerprint density at radius 2 is 1.51 bits per heavy atom. The van der Waals surface area contributed by atoms with Crippen molar-refractivity contribution in [3.05, 3.63) is 95.6 Å². The fourth-order valence-electron chi connectivity index (χ4n) is 6.64. The average molecular weight is 544 g/mol. The third-order valence-electron chi connectivity index (χ3n) is 8.43. The van der Waals surface area contributed by atoms with Gasteiger partial charge in [0.2, 0.25) is 5.91 Å². The molecule has 39 heavy (non-hydrogen) atoms. The number of carboxylic acids is 1. The molecule has 3 aromatic carbocycles. The number of para-hydroxylation sites is 3. The second kappa shape index (κ2) is 9.89. The van der Waals surface area contributed by atoms with Crippen LogP contribution in [0.5, 0.6) is 11.5 Å². The summed E-state index contributed by atoms with van der Waals surface area (Å²) in [6, 6.07) is 24.2. The number of primary amides is 1. The molecule has 0 spiro atoms. The number of anilines is 1. The van der Waals surface area contributed by atoms with Crippen molar-refractivity contribution >= 4 is 41.0 Å². The molecule has 0 radical (unpaired) electrons. The molecule has 1 saturated carbocycles. The molecule has 6 rings (SSSR count). The Hall–Kier alpha value is -4.10. The van der Waals surface area contributed by atoms with Crippen molar-refractivity contribution in [1.29, 1.82) is 0 Å². The molecule has 4 aromatic rings. The summed E-state index contributed by atoms with van der Waals surface area (Å²) in [6.07, 6.45) is 1.75. The maximum Gasteiger partial charge on any atom is 0.320 e. The highest BCUT2D eigenvalue weighted by molar-refractivity contribution is 5.99. The van der Waals surface area contributed by atoms with E-state index >= 15 is 0 Å². The minimum atomic E-state index is -1.67. The summed E-state index contributed by atoms with van der Waals surface area (Å²) in [5, 5.41) is 15.6. The van der Waals surface area contributed by atoms with Crippen LogP contribution in [0.15, 0.2) is 78.9 Å². The number of carbonyl (C=O) groups is 2. The van der Waals surface area contributed by atoms with E-state index in [1.165, 1.54) is 0 Å². The number of amides is 1. The Kier molecular flexibility index (Phi) is 6.72. The third kappa shape index (κ3) is 3.91. The van der Waals surface area contributed by atoms with E-state index in [4.69, 9.17) is 15.5 Å². The van der Waals surface area contributed by atoms with Gasteiger partial charge in [0.05, 0.1) is 10.9 Å². The summed E-state index contributed by atoms with van der Waals surface area (Å²) >= 11 is 0. The smallest absolute Gasteiger partial charge is 0.320 e. The van der Waals surface area contributed by atoms with Crippen LogP contribution in [0.1, 0.15) is 42.4 Å². The van der Waals surface area contributed by atoms with E-state index < -0.39 is 22.7 Å². The van der Waals surface area contributed by atoms with Gasteiger partial charge in [-0.2, -0.15) is 0 Å². The summed E-state index contributed by atoms with van der Waals surface area (Å²) in [6.45, 7) is 2.06. The number of aliphatic carboxylic acids is 1. The second-order valence-electron chi connectivity index (χ2n) is 10.4. The van der Waals surface area contributed by atoms with Crippen LogP contribution in [0.2, 0.25) is 0 Å². The average Bonchev–Trinajstić information content (AvgIpc) is 2.92. The first-order valence-electron chi connectivity index (χ1n) is 12.9. The molecule has 2 aliphatic rings. The van der Waals surface area contributed by atoms with Crippen LogP contribution in [-0.2, 0) is 15.0 Å². The molecular formula is C31H30ClN3O4. The van der Waals surface area contributed by atoms with E-state index in [9.17, 15) is 14.7 Å². The number of hydrogen-bond donors (Lipinski definition) is 3. The summed E-state index contributed by atoms with van der Waals surface area (Å²) in [5.41, 5.74) is 6.12. The SMILES string of the molecule is Cc1cc(NC2CCC(C(N)=O)(C3(C(=O)O)c4ccccc4Oc4ccccc43)CC2)nc2ccccc12.Cl.